The number of nitrogens with one attached hydrogen (secondary N) is 1. The third-order valence-electron chi connectivity index (χ3n) is 5.52. The maximum absolute atomic E-state index is 12.4. The molecule has 0 aromatic carbocycles. The molecule has 0 aliphatic carbocycles. The highest BCUT2D eigenvalue weighted by atomic mass is 16.5. The van der Waals surface area contributed by atoms with Crippen molar-refractivity contribution in [3.8, 4) is 0 Å². The van der Waals surface area contributed by atoms with Crippen LogP contribution in [-0.4, -0.2) is 53.8 Å². The van der Waals surface area contributed by atoms with Gasteiger partial charge in [0.2, 0.25) is 0 Å². The number of ether oxygens (including phenoxy) is 1. The van der Waals surface area contributed by atoms with Crippen molar-refractivity contribution >= 4 is 5.91 Å². The number of aryl methyl sites for hydroxylation is 2. The van der Waals surface area contributed by atoms with E-state index in [0.717, 1.165) is 37.6 Å². The Kier molecular flexibility index (Phi) is 4.50. The summed E-state index contributed by atoms with van der Waals surface area (Å²) in [6, 6.07) is 6.13. The fourth-order valence-electron chi connectivity index (χ4n) is 4.10. The number of hydrogen-bond acceptors (Lipinski definition) is 6. The van der Waals surface area contributed by atoms with Gasteiger partial charge in [-0.3, -0.25) is 14.7 Å². The minimum Gasteiger partial charge on any atom is -0.380 e. The molecule has 2 saturated heterocycles. The zero-order valence-electron chi connectivity index (χ0n) is 15.2. The van der Waals surface area contributed by atoms with E-state index in [9.17, 15) is 4.79 Å². The van der Waals surface area contributed by atoms with Gasteiger partial charge < -0.3 is 14.6 Å². The van der Waals surface area contributed by atoms with Gasteiger partial charge >= 0.3 is 0 Å². The maximum atomic E-state index is 12.4. The fraction of sp³-hybridized carbons (Fsp3) is 0.526. The SMILES string of the molecule is Cc1cccc(CN2C[C@@H]3COC[C@]3(CNC(=O)c3cnoc3C)C2)n1. The van der Waals surface area contributed by atoms with Gasteiger partial charge in [-0.2, -0.15) is 0 Å². The van der Waals surface area contributed by atoms with Crippen LogP contribution < -0.4 is 5.32 Å². The smallest absolute Gasteiger partial charge is 0.256 e. The Morgan fingerprint density at radius 2 is 2.31 bits per heavy atom. The van der Waals surface area contributed by atoms with Crippen LogP contribution in [0.25, 0.3) is 0 Å². The first kappa shape index (κ1) is 17.2. The molecule has 0 spiro atoms. The summed E-state index contributed by atoms with van der Waals surface area (Å²) < 4.78 is 10.7. The van der Waals surface area contributed by atoms with Crippen LogP contribution in [0.1, 0.15) is 27.5 Å². The predicted molar refractivity (Wildman–Crippen MR) is 94.6 cm³/mol. The molecule has 2 fully saturated rings. The van der Waals surface area contributed by atoms with Gasteiger partial charge in [-0.25, -0.2) is 0 Å². The zero-order chi connectivity index (χ0) is 18.1. The van der Waals surface area contributed by atoms with E-state index in [1.165, 1.54) is 6.20 Å². The molecule has 1 amide bonds. The molecule has 0 saturated carbocycles. The first-order valence-electron chi connectivity index (χ1n) is 8.98. The topological polar surface area (TPSA) is 80.5 Å². The summed E-state index contributed by atoms with van der Waals surface area (Å²) in [5.41, 5.74) is 2.59. The van der Waals surface area contributed by atoms with Crippen LogP contribution in [0.4, 0.5) is 0 Å². The molecule has 2 aliphatic heterocycles. The van der Waals surface area contributed by atoms with Gasteiger partial charge in [-0.05, 0) is 26.0 Å². The lowest BCUT2D eigenvalue weighted by atomic mass is 9.81. The van der Waals surface area contributed by atoms with Gasteiger partial charge in [-0.15, -0.1) is 0 Å². The van der Waals surface area contributed by atoms with Crippen molar-refractivity contribution in [3.63, 3.8) is 0 Å². The van der Waals surface area contributed by atoms with E-state index in [-0.39, 0.29) is 11.3 Å². The Morgan fingerprint density at radius 1 is 1.42 bits per heavy atom. The van der Waals surface area contributed by atoms with Crippen molar-refractivity contribution in [2.24, 2.45) is 11.3 Å². The number of carbonyl (C=O) groups excluding carboxylic acids is 1. The van der Waals surface area contributed by atoms with Gasteiger partial charge in [0.15, 0.2) is 0 Å². The summed E-state index contributed by atoms with van der Waals surface area (Å²) >= 11 is 0. The number of likely N-dealkylation sites (tertiary alicyclic amines) is 1. The van der Waals surface area contributed by atoms with Crippen LogP contribution >= 0.6 is 0 Å². The zero-order valence-corrected chi connectivity index (χ0v) is 15.2. The molecule has 2 aliphatic rings. The Labute approximate surface area is 152 Å². The summed E-state index contributed by atoms with van der Waals surface area (Å²) in [6.07, 6.45) is 1.47. The average molecular weight is 356 g/mol. The second-order valence-corrected chi connectivity index (χ2v) is 7.49. The van der Waals surface area contributed by atoms with Gasteiger partial charge in [-0.1, -0.05) is 11.2 Å². The Balaban J connectivity index is 1.41. The quantitative estimate of drug-likeness (QED) is 0.876. The van der Waals surface area contributed by atoms with Crippen molar-refractivity contribution in [2.75, 3.05) is 32.8 Å². The van der Waals surface area contributed by atoms with E-state index in [1.807, 2.05) is 13.0 Å². The molecule has 0 unspecified atom stereocenters. The molecule has 4 heterocycles. The van der Waals surface area contributed by atoms with Gasteiger partial charge in [0.05, 0.1) is 25.1 Å². The third kappa shape index (κ3) is 3.24. The van der Waals surface area contributed by atoms with E-state index >= 15 is 0 Å². The lowest BCUT2D eigenvalue weighted by Crippen LogP contribution is -2.43. The summed E-state index contributed by atoms with van der Waals surface area (Å²) in [5, 5.41) is 6.74. The molecule has 7 nitrogen and oxygen atoms in total. The van der Waals surface area contributed by atoms with Crippen LogP contribution in [-0.2, 0) is 11.3 Å². The molecule has 7 heteroatoms. The largest absolute Gasteiger partial charge is 0.380 e. The van der Waals surface area contributed by atoms with Crippen LogP contribution in [0.2, 0.25) is 0 Å². The molecule has 4 rings (SSSR count). The van der Waals surface area contributed by atoms with E-state index in [2.05, 4.69) is 32.5 Å². The van der Waals surface area contributed by atoms with E-state index < -0.39 is 0 Å². The molecule has 1 N–H and O–H groups in total. The first-order chi connectivity index (χ1) is 12.6. The highest BCUT2D eigenvalue weighted by Crippen LogP contribution is 2.41. The molecule has 26 heavy (non-hydrogen) atoms. The summed E-state index contributed by atoms with van der Waals surface area (Å²) in [6.45, 7) is 8.48. The van der Waals surface area contributed by atoms with Crippen molar-refractivity contribution in [2.45, 2.75) is 20.4 Å². The standard InChI is InChI=1S/C19H24N4O3/c1-13-4-3-5-16(22-13)8-23-7-15-9-25-12-19(15,11-23)10-20-18(24)17-6-21-26-14(17)2/h3-6,15H,7-12H2,1-2H3,(H,20,24)/t15-,19+/m1/s1. The van der Waals surface area contributed by atoms with E-state index in [0.29, 0.717) is 30.4 Å². The second kappa shape index (κ2) is 6.81. The van der Waals surface area contributed by atoms with Crippen molar-refractivity contribution in [1.29, 1.82) is 0 Å². The maximum Gasteiger partial charge on any atom is 0.256 e. The van der Waals surface area contributed by atoms with E-state index in [1.54, 1.807) is 6.92 Å². The number of rotatable bonds is 5. The monoisotopic (exact) mass is 356 g/mol. The molecule has 2 aromatic rings. The van der Waals surface area contributed by atoms with Crippen LogP contribution in [0.3, 0.4) is 0 Å². The highest BCUT2D eigenvalue weighted by Gasteiger charge is 2.50. The lowest BCUT2D eigenvalue weighted by molar-refractivity contribution is 0.0902. The van der Waals surface area contributed by atoms with Crippen molar-refractivity contribution in [1.82, 2.24) is 20.4 Å². The van der Waals surface area contributed by atoms with Gasteiger partial charge in [0.1, 0.15) is 11.3 Å². The highest BCUT2D eigenvalue weighted by molar-refractivity contribution is 5.94. The molecule has 138 valence electrons. The number of pyridine rings is 1. The predicted octanol–water partition coefficient (Wildman–Crippen LogP) is 1.56. The number of aromatic nitrogens is 2. The van der Waals surface area contributed by atoms with E-state index in [4.69, 9.17) is 9.26 Å². The summed E-state index contributed by atoms with van der Waals surface area (Å²) in [7, 11) is 0. The minimum absolute atomic E-state index is 0.0371. The lowest BCUT2D eigenvalue weighted by Gasteiger charge is -2.27. The molecule has 0 radical (unpaired) electrons. The Morgan fingerprint density at radius 3 is 3.08 bits per heavy atom. The fourth-order valence-corrected chi connectivity index (χ4v) is 4.10. The summed E-state index contributed by atoms with van der Waals surface area (Å²) in [4.78, 5) is 19.4. The normalized spacial score (nSPS) is 25.4. The minimum atomic E-state index is -0.137. The number of fused-ring (bicyclic) bond motifs is 1. The second-order valence-electron chi connectivity index (χ2n) is 7.49. The number of amides is 1. The average Bonchev–Trinajstić information content (AvgIpc) is 3.27. The summed E-state index contributed by atoms with van der Waals surface area (Å²) in [5.74, 6) is 0.830. The molecular formula is C19H24N4O3. The molecule has 2 aromatic heterocycles. The number of hydrogen-bond donors (Lipinski definition) is 1. The van der Waals surface area contributed by atoms with Crippen molar-refractivity contribution < 1.29 is 14.1 Å². The Bertz CT molecular complexity index is 806. The molecular weight excluding hydrogens is 332 g/mol. The van der Waals surface area contributed by atoms with Crippen molar-refractivity contribution in [3.05, 3.63) is 47.1 Å². The van der Waals surface area contributed by atoms with Crippen LogP contribution in [0.5, 0.6) is 0 Å². The first-order valence-corrected chi connectivity index (χ1v) is 8.98. The molecule has 2 atom stereocenters. The number of nitrogens with zero attached hydrogens (tertiary/aromatic N) is 3. The van der Waals surface area contributed by atoms with Gasteiger partial charge in [0.25, 0.3) is 5.91 Å². The molecule has 0 bridgehead atoms. The van der Waals surface area contributed by atoms with Gasteiger partial charge in [0, 0.05) is 43.2 Å². The van der Waals surface area contributed by atoms with Crippen LogP contribution in [0, 0.1) is 25.2 Å². The Hall–Kier alpha value is -2.25. The third-order valence-corrected chi connectivity index (χ3v) is 5.52. The van der Waals surface area contributed by atoms with Crippen LogP contribution in [0.15, 0.2) is 28.9 Å². The number of carbonyl (C=O) groups is 1.